The summed E-state index contributed by atoms with van der Waals surface area (Å²) in [4.78, 5) is 0. The Morgan fingerprint density at radius 2 is 1.75 bits per heavy atom. The van der Waals surface area contributed by atoms with Crippen LogP contribution in [-0.2, 0) is 9.47 Å². The Balaban J connectivity index is 1.92. The number of ether oxygens (including phenoxy) is 2. The van der Waals surface area contributed by atoms with Gasteiger partial charge in [-0.3, -0.25) is 0 Å². The number of hydrogen-bond donors (Lipinski definition) is 0. The fourth-order valence-corrected chi connectivity index (χ4v) is 1.59. The van der Waals surface area contributed by atoms with E-state index in [9.17, 15) is 0 Å². The molecule has 16 heavy (non-hydrogen) atoms. The maximum atomic E-state index is 5.45. The van der Waals surface area contributed by atoms with Gasteiger partial charge in [-0.2, -0.15) is 0 Å². The monoisotopic (exact) mass is 216 g/mol. The van der Waals surface area contributed by atoms with E-state index in [-0.39, 0.29) is 0 Å². The largest absolute Gasteiger partial charge is 0.344 e. The van der Waals surface area contributed by atoms with Crippen molar-refractivity contribution in [1.82, 2.24) is 0 Å². The van der Waals surface area contributed by atoms with Gasteiger partial charge in [-0.25, -0.2) is 0 Å². The molecule has 1 aromatic rings. The first kappa shape index (κ1) is 11.1. The van der Waals surface area contributed by atoms with Crippen molar-refractivity contribution in [2.75, 3.05) is 13.2 Å². The van der Waals surface area contributed by atoms with Crippen molar-refractivity contribution in [3.05, 3.63) is 54.1 Å². The molecule has 0 saturated carbocycles. The Bertz CT molecular complexity index is 373. The smallest absolute Gasteiger partial charge is 0.185 e. The molecule has 0 aliphatic carbocycles. The highest BCUT2D eigenvalue weighted by Gasteiger charge is 2.26. The minimum atomic E-state index is -0.541. The quantitative estimate of drug-likeness (QED) is 0.723. The first-order chi connectivity index (χ1) is 7.79. The summed E-state index contributed by atoms with van der Waals surface area (Å²) in [6.07, 6.45) is 7.93. The van der Waals surface area contributed by atoms with Gasteiger partial charge in [0, 0.05) is 0 Å². The van der Waals surface area contributed by atoms with Crippen LogP contribution in [0.3, 0.4) is 0 Å². The summed E-state index contributed by atoms with van der Waals surface area (Å²) >= 11 is 0. The Hall–Kier alpha value is -1.38. The van der Waals surface area contributed by atoms with E-state index in [1.807, 2.05) is 43.4 Å². The van der Waals surface area contributed by atoms with Crippen LogP contribution in [0, 0.1) is 0 Å². The van der Waals surface area contributed by atoms with Crippen molar-refractivity contribution < 1.29 is 9.47 Å². The van der Waals surface area contributed by atoms with Gasteiger partial charge in [-0.15, -0.1) is 0 Å². The van der Waals surface area contributed by atoms with Crippen molar-refractivity contribution in [2.45, 2.75) is 12.7 Å². The van der Waals surface area contributed by atoms with E-state index in [4.69, 9.17) is 9.47 Å². The Labute approximate surface area is 96.2 Å². The van der Waals surface area contributed by atoms with Gasteiger partial charge in [-0.1, -0.05) is 48.6 Å². The predicted molar refractivity (Wildman–Crippen MR) is 64.9 cm³/mol. The third-order valence-corrected chi connectivity index (χ3v) is 2.46. The van der Waals surface area contributed by atoms with Crippen molar-refractivity contribution in [2.24, 2.45) is 0 Å². The van der Waals surface area contributed by atoms with Gasteiger partial charge in [0.2, 0.25) is 0 Å². The SMILES string of the molecule is CC1(/C=C/C=C/c2ccccc2)OCCO1. The molecule has 1 aliphatic heterocycles. The molecule has 2 nitrogen and oxygen atoms in total. The van der Waals surface area contributed by atoms with Gasteiger partial charge in [0.25, 0.3) is 0 Å². The van der Waals surface area contributed by atoms with E-state index in [0.717, 1.165) is 0 Å². The van der Waals surface area contributed by atoms with Crippen LogP contribution in [0.15, 0.2) is 48.6 Å². The molecule has 2 heteroatoms. The molecule has 84 valence electrons. The van der Waals surface area contributed by atoms with Gasteiger partial charge in [0.15, 0.2) is 5.79 Å². The lowest BCUT2D eigenvalue weighted by molar-refractivity contribution is -0.0996. The Kier molecular flexibility index (Phi) is 3.54. The summed E-state index contributed by atoms with van der Waals surface area (Å²) in [6.45, 7) is 3.26. The lowest BCUT2D eigenvalue weighted by Crippen LogP contribution is -2.21. The molecule has 2 rings (SSSR count). The van der Waals surface area contributed by atoms with Gasteiger partial charge >= 0.3 is 0 Å². The minimum Gasteiger partial charge on any atom is -0.344 e. The average Bonchev–Trinajstić information content (AvgIpc) is 2.74. The van der Waals surface area contributed by atoms with Crippen LogP contribution in [0.1, 0.15) is 12.5 Å². The number of allylic oxidation sites excluding steroid dienone is 2. The van der Waals surface area contributed by atoms with Gasteiger partial charge < -0.3 is 9.47 Å². The summed E-state index contributed by atoms with van der Waals surface area (Å²) in [6, 6.07) is 10.2. The van der Waals surface area contributed by atoms with E-state index < -0.39 is 5.79 Å². The highest BCUT2D eigenvalue weighted by atomic mass is 16.7. The number of benzene rings is 1. The molecule has 1 fully saturated rings. The summed E-state index contributed by atoms with van der Waals surface area (Å²) in [5.74, 6) is -0.541. The van der Waals surface area contributed by atoms with Crippen LogP contribution in [0.4, 0.5) is 0 Å². The lowest BCUT2D eigenvalue weighted by Gasteiger charge is -2.16. The zero-order chi connectivity index (χ0) is 11.3. The van der Waals surface area contributed by atoms with Crippen molar-refractivity contribution in [3.8, 4) is 0 Å². The molecule has 1 aliphatic rings. The second kappa shape index (κ2) is 5.10. The second-order valence-electron chi connectivity index (χ2n) is 3.84. The molecule has 0 N–H and O–H groups in total. The zero-order valence-corrected chi connectivity index (χ0v) is 9.43. The van der Waals surface area contributed by atoms with Gasteiger partial charge in [-0.05, 0) is 18.6 Å². The summed E-state index contributed by atoms with van der Waals surface area (Å²) in [5.41, 5.74) is 1.19. The summed E-state index contributed by atoms with van der Waals surface area (Å²) < 4.78 is 10.9. The molecule has 0 bridgehead atoms. The Morgan fingerprint density at radius 3 is 2.44 bits per heavy atom. The molecular formula is C14H16O2. The van der Waals surface area contributed by atoms with Crippen LogP contribution in [0.5, 0.6) is 0 Å². The predicted octanol–water partition coefficient (Wildman–Crippen LogP) is 3.02. The molecular weight excluding hydrogens is 200 g/mol. The van der Waals surface area contributed by atoms with Gasteiger partial charge in [0.1, 0.15) is 0 Å². The molecule has 0 aromatic heterocycles. The van der Waals surface area contributed by atoms with Crippen LogP contribution in [0.25, 0.3) is 6.08 Å². The van der Waals surface area contributed by atoms with Crippen molar-refractivity contribution in [1.29, 1.82) is 0 Å². The maximum Gasteiger partial charge on any atom is 0.185 e. The third-order valence-electron chi connectivity index (χ3n) is 2.46. The number of rotatable bonds is 3. The summed E-state index contributed by atoms with van der Waals surface area (Å²) in [7, 11) is 0. The first-order valence-corrected chi connectivity index (χ1v) is 5.47. The molecule has 0 atom stereocenters. The van der Waals surface area contributed by atoms with E-state index in [2.05, 4.69) is 18.2 Å². The first-order valence-electron chi connectivity index (χ1n) is 5.47. The Morgan fingerprint density at radius 1 is 1.06 bits per heavy atom. The maximum absolute atomic E-state index is 5.45. The van der Waals surface area contributed by atoms with Crippen LogP contribution in [0.2, 0.25) is 0 Å². The molecule has 1 heterocycles. The molecule has 1 saturated heterocycles. The fourth-order valence-electron chi connectivity index (χ4n) is 1.59. The van der Waals surface area contributed by atoms with E-state index in [1.54, 1.807) is 0 Å². The fraction of sp³-hybridized carbons (Fsp3) is 0.286. The standard InChI is InChI=1S/C14H16O2/c1-14(15-11-12-16-14)10-6-5-9-13-7-3-2-4-8-13/h2-10H,11-12H2,1H3/b9-5+,10-6+. The second-order valence-corrected chi connectivity index (χ2v) is 3.84. The molecule has 0 amide bonds. The van der Waals surface area contributed by atoms with Crippen molar-refractivity contribution >= 4 is 6.08 Å². The van der Waals surface area contributed by atoms with Gasteiger partial charge in [0.05, 0.1) is 13.2 Å². The third kappa shape index (κ3) is 3.05. The number of hydrogen-bond acceptors (Lipinski definition) is 2. The van der Waals surface area contributed by atoms with Crippen molar-refractivity contribution in [3.63, 3.8) is 0 Å². The minimum absolute atomic E-state index is 0.541. The summed E-state index contributed by atoms with van der Waals surface area (Å²) in [5, 5.41) is 0. The normalized spacial score (nSPS) is 19.8. The van der Waals surface area contributed by atoms with Crippen LogP contribution in [-0.4, -0.2) is 19.0 Å². The lowest BCUT2D eigenvalue weighted by atomic mass is 10.2. The average molecular weight is 216 g/mol. The van der Waals surface area contributed by atoms with Crippen LogP contribution < -0.4 is 0 Å². The molecule has 1 aromatic carbocycles. The molecule has 0 spiro atoms. The van der Waals surface area contributed by atoms with E-state index in [0.29, 0.717) is 13.2 Å². The topological polar surface area (TPSA) is 18.5 Å². The van der Waals surface area contributed by atoms with E-state index >= 15 is 0 Å². The molecule has 0 radical (unpaired) electrons. The van der Waals surface area contributed by atoms with E-state index in [1.165, 1.54) is 5.56 Å². The van der Waals surface area contributed by atoms with Crippen LogP contribution >= 0.6 is 0 Å². The molecule has 0 unspecified atom stereocenters. The highest BCUT2D eigenvalue weighted by Crippen LogP contribution is 2.19. The highest BCUT2D eigenvalue weighted by molar-refractivity contribution is 5.50. The zero-order valence-electron chi connectivity index (χ0n) is 9.43.